The van der Waals surface area contributed by atoms with Crippen LogP contribution in [0.3, 0.4) is 0 Å². The standard InChI is InChI=1S/C16H10Cl4N4O5/c17-9-5-10(18)15(21-14(9)20)29-6-11(25)22-23-13(12(19)16(23)26)7-2-1-3-8(4-7)24(27)28/h1-5,12-13H,6H2,(H,22,25). The first kappa shape index (κ1) is 21.4. The number of ether oxygens (including phenoxy) is 1. The van der Waals surface area contributed by atoms with Gasteiger partial charge < -0.3 is 4.74 Å². The zero-order chi connectivity index (χ0) is 21.3. The van der Waals surface area contributed by atoms with Crippen molar-refractivity contribution in [1.82, 2.24) is 15.4 Å². The fourth-order valence-corrected chi connectivity index (χ4v) is 3.46. The van der Waals surface area contributed by atoms with Gasteiger partial charge in [-0.2, -0.15) is 4.98 Å². The number of pyridine rings is 1. The second kappa shape index (κ2) is 8.58. The number of nitro benzene ring substituents is 1. The molecule has 2 unspecified atom stereocenters. The number of halogens is 4. The van der Waals surface area contributed by atoms with Crippen molar-refractivity contribution in [2.24, 2.45) is 0 Å². The minimum absolute atomic E-state index is 0.0440. The van der Waals surface area contributed by atoms with Crippen molar-refractivity contribution in [3.63, 3.8) is 0 Å². The molecule has 1 saturated heterocycles. The van der Waals surface area contributed by atoms with Gasteiger partial charge in [0.15, 0.2) is 11.8 Å². The second-order valence-electron chi connectivity index (χ2n) is 5.78. The van der Waals surface area contributed by atoms with E-state index in [1.54, 1.807) is 6.07 Å². The van der Waals surface area contributed by atoms with Crippen LogP contribution in [-0.4, -0.2) is 38.7 Å². The van der Waals surface area contributed by atoms with Gasteiger partial charge in [0.05, 0.1) is 9.95 Å². The van der Waals surface area contributed by atoms with Crippen LogP contribution in [0.25, 0.3) is 0 Å². The lowest BCUT2D eigenvalue weighted by Gasteiger charge is -2.43. The summed E-state index contributed by atoms with van der Waals surface area (Å²) in [5.41, 5.74) is 2.58. The van der Waals surface area contributed by atoms with E-state index >= 15 is 0 Å². The zero-order valence-corrected chi connectivity index (χ0v) is 17.2. The predicted molar refractivity (Wildman–Crippen MR) is 105 cm³/mol. The molecule has 1 aliphatic rings. The Hall–Kier alpha value is -2.33. The van der Waals surface area contributed by atoms with E-state index < -0.39 is 34.8 Å². The number of nitrogens with zero attached hydrogens (tertiary/aromatic N) is 3. The number of rotatable bonds is 6. The molecule has 29 heavy (non-hydrogen) atoms. The molecule has 152 valence electrons. The number of hydrogen-bond acceptors (Lipinski definition) is 6. The van der Waals surface area contributed by atoms with Crippen molar-refractivity contribution >= 4 is 63.9 Å². The molecule has 2 amide bonds. The first-order chi connectivity index (χ1) is 13.7. The Bertz CT molecular complexity index is 1010. The molecule has 0 radical (unpaired) electrons. The van der Waals surface area contributed by atoms with Gasteiger partial charge in [-0.3, -0.25) is 25.1 Å². The molecule has 2 aromatic rings. The summed E-state index contributed by atoms with van der Waals surface area (Å²) in [4.78, 5) is 38.4. The lowest BCUT2D eigenvalue weighted by atomic mass is 9.95. The first-order valence-corrected chi connectivity index (χ1v) is 9.41. The van der Waals surface area contributed by atoms with Crippen LogP contribution in [-0.2, 0) is 9.59 Å². The van der Waals surface area contributed by atoms with Gasteiger partial charge in [0.1, 0.15) is 16.4 Å². The number of hydrazine groups is 1. The van der Waals surface area contributed by atoms with Crippen LogP contribution in [0, 0.1) is 10.1 Å². The summed E-state index contributed by atoms with van der Waals surface area (Å²) in [6.45, 7) is -0.539. The Morgan fingerprint density at radius 3 is 2.69 bits per heavy atom. The monoisotopic (exact) mass is 478 g/mol. The van der Waals surface area contributed by atoms with E-state index in [4.69, 9.17) is 51.1 Å². The second-order valence-corrected chi connectivity index (χ2v) is 7.42. The number of carbonyl (C=O) groups excluding carboxylic acids is 2. The summed E-state index contributed by atoms with van der Waals surface area (Å²) in [6.07, 6.45) is 0. The highest BCUT2D eigenvalue weighted by molar-refractivity contribution is 6.42. The molecule has 0 spiro atoms. The number of nitrogens with one attached hydrogen (secondary N) is 1. The highest BCUT2D eigenvalue weighted by atomic mass is 35.5. The number of aromatic nitrogens is 1. The van der Waals surface area contributed by atoms with Crippen molar-refractivity contribution in [3.05, 3.63) is 61.2 Å². The largest absolute Gasteiger partial charge is 0.466 e. The number of alkyl halides is 1. The third kappa shape index (κ3) is 4.48. The highest BCUT2D eigenvalue weighted by Crippen LogP contribution is 2.38. The van der Waals surface area contributed by atoms with Crippen LogP contribution < -0.4 is 10.2 Å². The van der Waals surface area contributed by atoms with Crippen LogP contribution in [0.2, 0.25) is 15.2 Å². The number of hydrogen-bond donors (Lipinski definition) is 1. The topological polar surface area (TPSA) is 115 Å². The van der Waals surface area contributed by atoms with Crippen LogP contribution in [0.5, 0.6) is 5.88 Å². The van der Waals surface area contributed by atoms with Gasteiger partial charge in [0, 0.05) is 12.1 Å². The van der Waals surface area contributed by atoms with Crippen molar-refractivity contribution < 1.29 is 19.2 Å². The number of β-lactam (4-membered cyclic amide) rings is 1. The Balaban J connectivity index is 1.68. The molecule has 3 rings (SSSR count). The van der Waals surface area contributed by atoms with Gasteiger partial charge in [-0.15, -0.1) is 11.6 Å². The number of nitro groups is 1. The van der Waals surface area contributed by atoms with Crippen molar-refractivity contribution in [1.29, 1.82) is 0 Å². The molecule has 1 fully saturated rings. The molecule has 1 aliphatic heterocycles. The molecule has 2 heterocycles. The molecule has 1 N–H and O–H groups in total. The lowest BCUT2D eigenvalue weighted by molar-refractivity contribution is -0.385. The molecule has 1 aromatic carbocycles. The summed E-state index contributed by atoms with van der Waals surface area (Å²) in [7, 11) is 0. The van der Waals surface area contributed by atoms with Crippen LogP contribution in [0.15, 0.2) is 30.3 Å². The van der Waals surface area contributed by atoms with Crippen molar-refractivity contribution in [2.45, 2.75) is 11.4 Å². The average Bonchev–Trinajstić information content (AvgIpc) is 2.69. The maximum atomic E-state index is 12.2. The molecule has 9 nitrogen and oxygen atoms in total. The quantitative estimate of drug-likeness (QED) is 0.223. The van der Waals surface area contributed by atoms with Gasteiger partial charge in [-0.1, -0.05) is 46.9 Å². The number of non-ortho nitro benzene ring substituents is 1. The SMILES string of the molecule is O=C(COc1nc(Cl)c(Cl)cc1Cl)NN1C(=O)C(Cl)C1c1cccc([N+](=O)[O-])c1. The van der Waals surface area contributed by atoms with Crippen LogP contribution in [0.4, 0.5) is 5.69 Å². The third-order valence-electron chi connectivity index (χ3n) is 3.89. The molecule has 0 bridgehead atoms. The normalized spacial score (nSPS) is 18.2. The minimum Gasteiger partial charge on any atom is -0.466 e. The summed E-state index contributed by atoms with van der Waals surface area (Å²) >= 11 is 23.5. The van der Waals surface area contributed by atoms with Gasteiger partial charge >= 0.3 is 0 Å². The molecule has 2 atom stereocenters. The Kier molecular flexibility index (Phi) is 6.33. The van der Waals surface area contributed by atoms with Crippen molar-refractivity contribution in [2.75, 3.05) is 6.61 Å². The molecule has 0 saturated carbocycles. The maximum absolute atomic E-state index is 12.2. The lowest BCUT2D eigenvalue weighted by Crippen LogP contribution is -2.63. The van der Waals surface area contributed by atoms with Crippen molar-refractivity contribution in [3.8, 4) is 5.88 Å². The van der Waals surface area contributed by atoms with Gasteiger partial charge in [0.25, 0.3) is 17.5 Å². The number of benzene rings is 1. The molecule has 13 heteroatoms. The fourth-order valence-electron chi connectivity index (χ4n) is 2.55. The summed E-state index contributed by atoms with van der Waals surface area (Å²) in [5, 5.41) is 11.1. The Morgan fingerprint density at radius 2 is 2.00 bits per heavy atom. The van der Waals surface area contributed by atoms with E-state index in [9.17, 15) is 19.7 Å². The molecular formula is C16H10Cl4N4O5. The van der Waals surface area contributed by atoms with Gasteiger partial charge in [0.2, 0.25) is 5.88 Å². The van der Waals surface area contributed by atoms with E-state index in [1.165, 1.54) is 24.3 Å². The summed E-state index contributed by atoms with van der Waals surface area (Å²) in [5.74, 6) is -1.39. The number of carbonyl (C=O) groups is 2. The van der Waals surface area contributed by atoms with E-state index in [-0.39, 0.29) is 26.8 Å². The fraction of sp³-hybridized carbons (Fsp3) is 0.188. The van der Waals surface area contributed by atoms with E-state index in [0.29, 0.717) is 5.56 Å². The maximum Gasteiger partial charge on any atom is 0.276 e. The Morgan fingerprint density at radius 1 is 1.28 bits per heavy atom. The molecule has 1 aromatic heterocycles. The first-order valence-electron chi connectivity index (χ1n) is 7.84. The van der Waals surface area contributed by atoms with E-state index in [0.717, 1.165) is 5.01 Å². The minimum atomic E-state index is -0.982. The summed E-state index contributed by atoms with van der Waals surface area (Å²) in [6, 6.07) is 6.13. The van der Waals surface area contributed by atoms with E-state index in [2.05, 4.69) is 10.4 Å². The van der Waals surface area contributed by atoms with Gasteiger partial charge in [-0.05, 0) is 11.6 Å². The molecular weight excluding hydrogens is 470 g/mol. The van der Waals surface area contributed by atoms with Crippen LogP contribution in [0.1, 0.15) is 11.6 Å². The third-order valence-corrected chi connectivity index (χ3v) is 5.26. The predicted octanol–water partition coefficient (Wildman–Crippen LogP) is 3.55. The Labute approximate surface area is 183 Å². The highest BCUT2D eigenvalue weighted by Gasteiger charge is 2.48. The average molecular weight is 480 g/mol. The molecule has 0 aliphatic carbocycles. The summed E-state index contributed by atoms with van der Waals surface area (Å²) < 4.78 is 5.20. The smallest absolute Gasteiger partial charge is 0.276 e. The van der Waals surface area contributed by atoms with Crippen LogP contribution >= 0.6 is 46.4 Å². The van der Waals surface area contributed by atoms with Gasteiger partial charge in [-0.25, -0.2) is 5.01 Å². The number of amides is 2. The zero-order valence-electron chi connectivity index (χ0n) is 14.1. The van der Waals surface area contributed by atoms with E-state index in [1.807, 2.05) is 0 Å².